The quantitative estimate of drug-likeness (QED) is 0.776. The molecule has 0 unspecified atom stereocenters. The summed E-state index contributed by atoms with van der Waals surface area (Å²) in [5.74, 6) is 0.538. The van der Waals surface area contributed by atoms with E-state index in [0.29, 0.717) is 6.67 Å². The van der Waals surface area contributed by atoms with Gasteiger partial charge in [0, 0.05) is 38.6 Å². The number of hydrogen-bond acceptors (Lipinski definition) is 6. The molecule has 2 aliphatic heterocycles. The van der Waals surface area contributed by atoms with E-state index in [4.69, 9.17) is 0 Å². The van der Waals surface area contributed by atoms with E-state index in [-0.39, 0.29) is 11.9 Å². The molecule has 1 atom stereocenters. The summed E-state index contributed by atoms with van der Waals surface area (Å²) in [5, 5.41) is 2.94. The first-order valence-corrected chi connectivity index (χ1v) is 10.6. The van der Waals surface area contributed by atoms with Gasteiger partial charge in [0.1, 0.15) is 5.54 Å². The molecule has 5 rings (SSSR count). The number of aryl methyl sites for hydroxylation is 2. The number of carbonyl (C=O) groups excluding carboxylic acids is 2. The van der Waals surface area contributed by atoms with Crippen molar-refractivity contribution in [3.8, 4) is 0 Å². The number of amides is 3. The standard InChI is InChI=1S/C22H26N6O2/c1-22(18-7-6-16-4-2-5-17(16)14-18)19(29)28(21(30)25-22)15-26-10-12-27(13-11-26)20-23-8-3-9-24-20/h3,6-9,14H,2,4-5,10-13,15H2,1H3,(H,25,30)/t22-/m1/s1. The van der Waals surface area contributed by atoms with Gasteiger partial charge in [0.05, 0.1) is 6.67 Å². The summed E-state index contributed by atoms with van der Waals surface area (Å²) < 4.78 is 0. The molecular weight excluding hydrogens is 380 g/mol. The number of urea groups is 1. The van der Waals surface area contributed by atoms with Crippen LogP contribution in [-0.4, -0.2) is 64.6 Å². The lowest BCUT2D eigenvalue weighted by molar-refractivity contribution is -0.132. The number of benzene rings is 1. The second kappa shape index (κ2) is 7.36. The summed E-state index contributed by atoms with van der Waals surface area (Å²) in [5.41, 5.74) is 2.52. The third kappa shape index (κ3) is 3.21. The normalized spacial score (nSPS) is 24.3. The van der Waals surface area contributed by atoms with Crippen molar-refractivity contribution in [3.05, 3.63) is 53.3 Å². The first kappa shape index (κ1) is 19.0. The maximum Gasteiger partial charge on any atom is 0.326 e. The van der Waals surface area contributed by atoms with Crippen LogP contribution >= 0.6 is 0 Å². The molecule has 1 aliphatic carbocycles. The number of fused-ring (bicyclic) bond motifs is 1. The smallest absolute Gasteiger partial charge is 0.326 e. The number of rotatable bonds is 4. The molecule has 1 N–H and O–H groups in total. The van der Waals surface area contributed by atoms with Gasteiger partial charge < -0.3 is 10.2 Å². The van der Waals surface area contributed by atoms with E-state index in [9.17, 15) is 9.59 Å². The molecule has 2 saturated heterocycles. The van der Waals surface area contributed by atoms with Crippen LogP contribution in [-0.2, 0) is 23.2 Å². The molecule has 0 bridgehead atoms. The molecule has 1 aromatic heterocycles. The second-order valence-electron chi connectivity index (χ2n) is 8.42. The van der Waals surface area contributed by atoms with E-state index in [1.165, 1.54) is 16.0 Å². The van der Waals surface area contributed by atoms with Crippen LogP contribution in [0, 0.1) is 0 Å². The van der Waals surface area contributed by atoms with Crippen LogP contribution in [0.2, 0.25) is 0 Å². The lowest BCUT2D eigenvalue weighted by Gasteiger charge is -2.36. The SMILES string of the molecule is C[C@]1(c2ccc3c(c2)CCC3)NC(=O)N(CN2CCN(c3ncccn3)CC2)C1=O. The zero-order chi connectivity index (χ0) is 20.7. The van der Waals surface area contributed by atoms with Crippen molar-refractivity contribution in [2.75, 3.05) is 37.7 Å². The third-order valence-electron chi connectivity index (χ3n) is 6.50. The van der Waals surface area contributed by atoms with E-state index in [0.717, 1.165) is 57.0 Å². The van der Waals surface area contributed by atoms with Crippen molar-refractivity contribution in [2.24, 2.45) is 0 Å². The molecule has 0 radical (unpaired) electrons. The van der Waals surface area contributed by atoms with Crippen LogP contribution in [0.5, 0.6) is 0 Å². The van der Waals surface area contributed by atoms with E-state index in [1.54, 1.807) is 18.5 Å². The fourth-order valence-electron chi connectivity index (χ4n) is 4.65. The minimum Gasteiger partial charge on any atom is -0.338 e. The molecular formula is C22H26N6O2. The molecule has 8 nitrogen and oxygen atoms in total. The number of imide groups is 1. The van der Waals surface area contributed by atoms with Crippen LogP contribution in [0.25, 0.3) is 0 Å². The van der Waals surface area contributed by atoms with E-state index in [1.807, 2.05) is 13.0 Å². The fraction of sp³-hybridized carbons (Fsp3) is 0.455. The fourth-order valence-corrected chi connectivity index (χ4v) is 4.65. The number of nitrogens with zero attached hydrogens (tertiary/aromatic N) is 5. The summed E-state index contributed by atoms with van der Waals surface area (Å²) in [7, 11) is 0. The van der Waals surface area contributed by atoms with Crippen LogP contribution in [0.4, 0.5) is 10.7 Å². The summed E-state index contributed by atoms with van der Waals surface area (Å²) in [4.78, 5) is 40.2. The third-order valence-corrected chi connectivity index (χ3v) is 6.50. The Balaban J connectivity index is 1.26. The summed E-state index contributed by atoms with van der Waals surface area (Å²) in [6.45, 7) is 5.12. The van der Waals surface area contributed by atoms with Gasteiger partial charge in [-0.25, -0.2) is 19.7 Å². The van der Waals surface area contributed by atoms with Crippen LogP contribution < -0.4 is 10.2 Å². The van der Waals surface area contributed by atoms with Gasteiger partial charge in [-0.1, -0.05) is 18.2 Å². The molecule has 8 heteroatoms. The van der Waals surface area contributed by atoms with Crippen molar-refractivity contribution in [3.63, 3.8) is 0 Å². The second-order valence-corrected chi connectivity index (χ2v) is 8.42. The highest BCUT2D eigenvalue weighted by Crippen LogP contribution is 2.32. The Labute approximate surface area is 175 Å². The molecule has 0 saturated carbocycles. The number of piperazine rings is 1. The highest BCUT2D eigenvalue weighted by atomic mass is 16.2. The van der Waals surface area contributed by atoms with E-state index < -0.39 is 5.54 Å². The van der Waals surface area contributed by atoms with Gasteiger partial charge in [-0.05, 0) is 48.9 Å². The maximum atomic E-state index is 13.3. The average Bonchev–Trinajstić information content (AvgIpc) is 3.33. The minimum atomic E-state index is -1.01. The Hall–Kier alpha value is -3.00. The molecule has 3 heterocycles. The topological polar surface area (TPSA) is 81.7 Å². The molecule has 3 amide bonds. The van der Waals surface area contributed by atoms with Crippen molar-refractivity contribution in [2.45, 2.75) is 31.7 Å². The van der Waals surface area contributed by atoms with Gasteiger partial charge in [0.2, 0.25) is 5.95 Å². The Kier molecular flexibility index (Phi) is 4.66. The molecule has 1 aromatic carbocycles. The van der Waals surface area contributed by atoms with Crippen LogP contribution in [0.1, 0.15) is 30.0 Å². The monoisotopic (exact) mass is 406 g/mol. The first-order valence-electron chi connectivity index (χ1n) is 10.6. The zero-order valence-electron chi connectivity index (χ0n) is 17.2. The van der Waals surface area contributed by atoms with Gasteiger partial charge in [0.15, 0.2) is 0 Å². The number of aromatic nitrogens is 2. The Morgan fingerprint density at radius 3 is 2.53 bits per heavy atom. The first-order chi connectivity index (χ1) is 14.5. The van der Waals surface area contributed by atoms with E-state index >= 15 is 0 Å². The zero-order valence-corrected chi connectivity index (χ0v) is 17.2. The maximum absolute atomic E-state index is 13.3. The minimum absolute atomic E-state index is 0.181. The number of nitrogens with one attached hydrogen (secondary N) is 1. The summed E-state index contributed by atoms with van der Waals surface area (Å²) in [6.07, 6.45) is 6.77. The predicted octanol–water partition coefficient (Wildman–Crippen LogP) is 1.51. The highest BCUT2D eigenvalue weighted by molar-refractivity contribution is 6.07. The van der Waals surface area contributed by atoms with Gasteiger partial charge in [-0.3, -0.25) is 9.69 Å². The molecule has 2 aromatic rings. The largest absolute Gasteiger partial charge is 0.338 e. The lowest BCUT2D eigenvalue weighted by Crippen LogP contribution is -2.52. The van der Waals surface area contributed by atoms with Crippen molar-refractivity contribution in [1.29, 1.82) is 0 Å². The Morgan fingerprint density at radius 1 is 1.03 bits per heavy atom. The molecule has 30 heavy (non-hydrogen) atoms. The Morgan fingerprint density at radius 2 is 1.77 bits per heavy atom. The summed E-state index contributed by atoms with van der Waals surface area (Å²) >= 11 is 0. The van der Waals surface area contributed by atoms with E-state index in [2.05, 4.69) is 37.2 Å². The van der Waals surface area contributed by atoms with Crippen LogP contribution in [0.3, 0.4) is 0 Å². The van der Waals surface area contributed by atoms with Gasteiger partial charge >= 0.3 is 6.03 Å². The molecule has 0 spiro atoms. The predicted molar refractivity (Wildman–Crippen MR) is 112 cm³/mol. The van der Waals surface area contributed by atoms with Gasteiger partial charge in [-0.2, -0.15) is 0 Å². The van der Waals surface area contributed by atoms with Crippen molar-refractivity contribution >= 4 is 17.9 Å². The highest BCUT2D eigenvalue weighted by Gasteiger charge is 2.49. The number of hydrogen-bond donors (Lipinski definition) is 1. The van der Waals surface area contributed by atoms with Crippen molar-refractivity contribution < 1.29 is 9.59 Å². The van der Waals surface area contributed by atoms with Crippen molar-refractivity contribution in [1.82, 2.24) is 25.1 Å². The van der Waals surface area contributed by atoms with Gasteiger partial charge in [0.25, 0.3) is 5.91 Å². The summed E-state index contributed by atoms with van der Waals surface area (Å²) in [6, 6.07) is 7.68. The number of carbonyl (C=O) groups is 2. The molecule has 3 aliphatic rings. The lowest BCUT2D eigenvalue weighted by atomic mass is 9.90. The van der Waals surface area contributed by atoms with Gasteiger partial charge in [-0.15, -0.1) is 0 Å². The molecule has 156 valence electrons. The molecule has 2 fully saturated rings. The van der Waals surface area contributed by atoms with Crippen LogP contribution in [0.15, 0.2) is 36.7 Å². The average molecular weight is 406 g/mol. The Bertz CT molecular complexity index is 973. The number of anilines is 1.